The van der Waals surface area contributed by atoms with E-state index in [1.54, 1.807) is 0 Å². The Bertz CT molecular complexity index is 339. The zero-order chi connectivity index (χ0) is 9.42. The summed E-state index contributed by atoms with van der Waals surface area (Å²) in [7, 11) is 0. The molecule has 1 aromatic heterocycles. The van der Waals surface area contributed by atoms with E-state index in [1.807, 2.05) is 0 Å². The first kappa shape index (κ1) is 8.44. The molecule has 1 unspecified atom stereocenters. The van der Waals surface area contributed by atoms with Gasteiger partial charge in [0.05, 0.1) is 24.0 Å². The van der Waals surface area contributed by atoms with Crippen molar-refractivity contribution in [2.24, 2.45) is 5.92 Å². The highest BCUT2D eigenvalue weighted by Gasteiger charge is 2.45. The second kappa shape index (κ2) is 2.96. The van der Waals surface area contributed by atoms with Crippen LogP contribution in [-0.4, -0.2) is 21.0 Å². The van der Waals surface area contributed by atoms with Gasteiger partial charge < -0.3 is 5.11 Å². The lowest BCUT2D eigenvalue weighted by Crippen LogP contribution is -2.00. The van der Waals surface area contributed by atoms with E-state index < -0.39 is 5.97 Å². The third-order valence-electron chi connectivity index (χ3n) is 2.13. The summed E-state index contributed by atoms with van der Waals surface area (Å²) in [6.07, 6.45) is 3.63. The Balaban J connectivity index is 2.12. The van der Waals surface area contributed by atoms with Gasteiger partial charge in [0.2, 0.25) is 0 Å². The Morgan fingerprint density at radius 3 is 2.77 bits per heavy atom. The minimum atomic E-state index is -0.762. The minimum absolute atomic E-state index is 0.0299. The molecule has 0 spiro atoms. The molecule has 0 amide bonds. The highest BCUT2D eigenvalue weighted by Crippen LogP contribution is 2.46. The molecular formula is C8H7ClN2O2. The van der Waals surface area contributed by atoms with E-state index in [-0.39, 0.29) is 11.8 Å². The Kier molecular flexibility index (Phi) is 1.92. The van der Waals surface area contributed by atoms with Crippen LogP contribution >= 0.6 is 11.6 Å². The molecule has 1 aromatic rings. The average molecular weight is 199 g/mol. The molecule has 0 bridgehead atoms. The van der Waals surface area contributed by atoms with E-state index in [4.69, 9.17) is 16.7 Å². The normalized spacial score (nSPS) is 25.6. The Hall–Kier alpha value is -1.16. The standard InChI is InChI=1S/C8H7ClN2O2/c9-7-3-10-6(2-11-7)4-1-5(4)8(12)13/h2-5H,1H2,(H,12,13)/t4?,5-/m0/s1. The van der Waals surface area contributed by atoms with Crippen LogP contribution in [0.5, 0.6) is 0 Å². The predicted octanol–water partition coefficient (Wildman–Crippen LogP) is 1.32. The molecule has 2 atom stereocenters. The van der Waals surface area contributed by atoms with Crippen LogP contribution < -0.4 is 0 Å². The van der Waals surface area contributed by atoms with Crippen molar-refractivity contribution in [1.82, 2.24) is 9.97 Å². The number of hydrogen-bond acceptors (Lipinski definition) is 3. The molecule has 2 rings (SSSR count). The Morgan fingerprint density at radius 2 is 2.31 bits per heavy atom. The van der Waals surface area contributed by atoms with Crippen molar-refractivity contribution >= 4 is 17.6 Å². The molecule has 0 aromatic carbocycles. The van der Waals surface area contributed by atoms with Gasteiger partial charge in [0.15, 0.2) is 0 Å². The number of aromatic nitrogens is 2. The number of nitrogens with zero attached hydrogens (tertiary/aromatic N) is 2. The molecule has 1 heterocycles. The Labute approximate surface area is 79.6 Å². The molecule has 4 nitrogen and oxygen atoms in total. The van der Waals surface area contributed by atoms with Gasteiger partial charge >= 0.3 is 5.97 Å². The van der Waals surface area contributed by atoms with Crippen LogP contribution in [-0.2, 0) is 4.79 Å². The predicted molar refractivity (Wildman–Crippen MR) is 45.5 cm³/mol. The van der Waals surface area contributed by atoms with Gasteiger partial charge in [0.1, 0.15) is 5.15 Å². The maximum atomic E-state index is 10.5. The highest BCUT2D eigenvalue weighted by molar-refractivity contribution is 6.29. The largest absolute Gasteiger partial charge is 0.481 e. The summed E-state index contributed by atoms with van der Waals surface area (Å²) >= 11 is 5.55. The zero-order valence-corrected chi connectivity index (χ0v) is 7.40. The van der Waals surface area contributed by atoms with Crippen LogP contribution in [0.1, 0.15) is 18.0 Å². The summed E-state index contributed by atoms with van der Waals surface area (Å²) in [6, 6.07) is 0. The zero-order valence-electron chi connectivity index (χ0n) is 6.64. The van der Waals surface area contributed by atoms with E-state index in [0.29, 0.717) is 11.6 Å². The van der Waals surface area contributed by atoms with Crippen molar-refractivity contribution < 1.29 is 9.90 Å². The molecule has 1 aliphatic carbocycles. The molecule has 1 saturated carbocycles. The monoisotopic (exact) mass is 198 g/mol. The minimum Gasteiger partial charge on any atom is -0.481 e. The van der Waals surface area contributed by atoms with Gasteiger partial charge in [-0.1, -0.05) is 11.6 Å². The van der Waals surface area contributed by atoms with Crippen LogP contribution in [0.2, 0.25) is 5.15 Å². The molecule has 1 aliphatic rings. The van der Waals surface area contributed by atoms with Crippen molar-refractivity contribution in [2.45, 2.75) is 12.3 Å². The number of carboxylic acids is 1. The smallest absolute Gasteiger partial charge is 0.307 e. The van der Waals surface area contributed by atoms with Crippen molar-refractivity contribution in [3.05, 3.63) is 23.2 Å². The first-order valence-electron chi connectivity index (χ1n) is 3.88. The number of halogens is 1. The van der Waals surface area contributed by atoms with Crippen LogP contribution in [0.3, 0.4) is 0 Å². The van der Waals surface area contributed by atoms with Crippen LogP contribution in [0.4, 0.5) is 0 Å². The third kappa shape index (κ3) is 1.62. The summed E-state index contributed by atoms with van der Waals surface area (Å²) in [6.45, 7) is 0. The second-order valence-electron chi connectivity index (χ2n) is 3.05. The molecule has 0 saturated heterocycles. The van der Waals surface area contributed by atoms with E-state index in [0.717, 1.165) is 5.69 Å². The molecule has 5 heteroatoms. The number of carbonyl (C=O) groups is 1. The topological polar surface area (TPSA) is 63.1 Å². The summed E-state index contributed by atoms with van der Waals surface area (Å²) in [5, 5.41) is 9.00. The van der Waals surface area contributed by atoms with Crippen LogP contribution in [0.15, 0.2) is 12.4 Å². The van der Waals surface area contributed by atoms with Crippen molar-refractivity contribution in [1.29, 1.82) is 0 Å². The SMILES string of the molecule is O=C(O)[C@H]1CC1c1cnc(Cl)cn1. The van der Waals surface area contributed by atoms with Crippen molar-refractivity contribution in [3.63, 3.8) is 0 Å². The summed E-state index contributed by atoms with van der Waals surface area (Å²) in [5.74, 6) is -1.01. The summed E-state index contributed by atoms with van der Waals surface area (Å²) in [4.78, 5) is 18.4. The van der Waals surface area contributed by atoms with Crippen LogP contribution in [0.25, 0.3) is 0 Å². The van der Waals surface area contributed by atoms with Gasteiger partial charge in [-0.2, -0.15) is 0 Å². The average Bonchev–Trinajstić information content (AvgIpc) is 2.85. The van der Waals surface area contributed by atoms with Gasteiger partial charge in [-0.3, -0.25) is 9.78 Å². The fraction of sp³-hybridized carbons (Fsp3) is 0.375. The fourth-order valence-electron chi connectivity index (χ4n) is 1.31. The van der Waals surface area contributed by atoms with Gasteiger partial charge in [-0.15, -0.1) is 0 Å². The first-order chi connectivity index (χ1) is 6.18. The van der Waals surface area contributed by atoms with E-state index in [2.05, 4.69) is 9.97 Å². The third-order valence-corrected chi connectivity index (χ3v) is 2.32. The van der Waals surface area contributed by atoms with Crippen molar-refractivity contribution in [3.8, 4) is 0 Å². The second-order valence-corrected chi connectivity index (χ2v) is 3.44. The molecular weight excluding hydrogens is 192 g/mol. The van der Waals surface area contributed by atoms with Gasteiger partial charge in [-0.25, -0.2) is 4.98 Å². The highest BCUT2D eigenvalue weighted by atomic mass is 35.5. The molecule has 68 valence electrons. The van der Waals surface area contributed by atoms with E-state index >= 15 is 0 Å². The quantitative estimate of drug-likeness (QED) is 0.779. The lowest BCUT2D eigenvalue weighted by Gasteiger charge is -1.95. The Morgan fingerprint density at radius 1 is 1.54 bits per heavy atom. The van der Waals surface area contributed by atoms with Gasteiger partial charge in [0.25, 0.3) is 0 Å². The van der Waals surface area contributed by atoms with Crippen LogP contribution in [0, 0.1) is 5.92 Å². The van der Waals surface area contributed by atoms with Crippen molar-refractivity contribution in [2.75, 3.05) is 0 Å². The number of hydrogen-bond donors (Lipinski definition) is 1. The summed E-state index contributed by atoms with van der Waals surface area (Å²) < 4.78 is 0. The number of carboxylic acid groups (broad SMARTS) is 1. The molecule has 13 heavy (non-hydrogen) atoms. The lowest BCUT2D eigenvalue weighted by molar-refractivity contribution is -0.138. The molecule has 1 fully saturated rings. The lowest BCUT2D eigenvalue weighted by atomic mass is 10.2. The molecule has 1 N–H and O–H groups in total. The first-order valence-corrected chi connectivity index (χ1v) is 4.26. The summed E-state index contributed by atoms with van der Waals surface area (Å²) in [5.41, 5.74) is 0.719. The maximum absolute atomic E-state index is 10.5. The van der Waals surface area contributed by atoms with E-state index in [9.17, 15) is 4.79 Å². The fourth-order valence-corrected chi connectivity index (χ4v) is 1.41. The molecule has 0 radical (unpaired) electrons. The van der Waals surface area contributed by atoms with E-state index in [1.165, 1.54) is 12.4 Å². The number of aliphatic carboxylic acids is 1. The number of rotatable bonds is 2. The van der Waals surface area contributed by atoms with Gasteiger partial charge in [-0.05, 0) is 6.42 Å². The maximum Gasteiger partial charge on any atom is 0.307 e. The molecule has 0 aliphatic heterocycles. The van der Waals surface area contributed by atoms with Gasteiger partial charge in [0, 0.05) is 5.92 Å².